The summed E-state index contributed by atoms with van der Waals surface area (Å²) in [7, 11) is 0. The third-order valence-electron chi connectivity index (χ3n) is 4.70. The number of aliphatic hydroxyl groups is 1. The topological polar surface area (TPSA) is 92.5 Å². The van der Waals surface area contributed by atoms with Crippen molar-refractivity contribution in [2.45, 2.75) is 19.6 Å². The van der Waals surface area contributed by atoms with Crippen molar-refractivity contribution in [1.29, 1.82) is 0 Å². The summed E-state index contributed by atoms with van der Waals surface area (Å²) in [6.45, 7) is 4.16. The van der Waals surface area contributed by atoms with E-state index < -0.39 is 0 Å². The molecule has 0 atom stereocenters. The first-order valence-electron chi connectivity index (χ1n) is 9.09. The van der Waals surface area contributed by atoms with Crippen LogP contribution in [0, 0.1) is 0 Å². The van der Waals surface area contributed by atoms with Crippen LogP contribution in [0.3, 0.4) is 0 Å². The van der Waals surface area contributed by atoms with Gasteiger partial charge in [-0.1, -0.05) is 66.2 Å². The minimum Gasteiger partial charge on any atom is -0.390 e. The van der Waals surface area contributed by atoms with E-state index >= 15 is 0 Å². The van der Waals surface area contributed by atoms with Gasteiger partial charge in [0.25, 0.3) is 0 Å². The minimum atomic E-state index is -0.168. The zero-order valence-corrected chi connectivity index (χ0v) is 16.3. The molecule has 4 rings (SSSR count). The molecule has 4 aromatic rings. The highest BCUT2D eigenvalue weighted by Gasteiger charge is 2.15. The van der Waals surface area contributed by atoms with Crippen molar-refractivity contribution in [3.8, 4) is 22.5 Å². The molecular formula is C21H19ClN6O. The third-order valence-corrected chi connectivity index (χ3v) is 5.00. The molecule has 0 spiro atoms. The lowest BCUT2D eigenvalue weighted by molar-refractivity contribution is 0.271. The lowest BCUT2D eigenvalue weighted by atomic mass is 9.98. The van der Waals surface area contributed by atoms with E-state index in [0.29, 0.717) is 29.6 Å². The minimum absolute atomic E-state index is 0.168. The van der Waals surface area contributed by atoms with Gasteiger partial charge in [0.15, 0.2) is 5.15 Å². The Morgan fingerprint density at radius 2 is 1.86 bits per heavy atom. The van der Waals surface area contributed by atoms with Gasteiger partial charge in [-0.05, 0) is 21.9 Å². The first-order valence-corrected chi connectivity index (χ1v) is 9.46. The van der Waals surface area contributed by atoms with Crippen molar-refractivity contribution in [2.24, 2.45) is 0 Å². The molecule has 2 heterocycles. The largest absolute Gasteiger partial charge is 0.390 e. The second-order valence-corrected chi connectivity index (χ2v) is 6.84. The van der Waals surface area contributed by atoms with Crippen LogP contribution in [0.2, 0.25) is 5.15 Å². The molecule has 29 heavy (non-hydrogen) atoms. The molecule has 0 amide bonds. The van der Waals surface area contributed by atoms with Gasteiger partial charge < -0.3 is 9.67 Å². The number of hydrogen-bond donors (Lipinski definition) is 2. The van der Waals surface area contributed by atoms with Crippen molar-refractivity contribution >= 4 is 11.6 Å². The van der Waals surface area contributed by atoms with Crippen LogP contribution >= 0.6 is 11.6 Å². The Morgan fingerprint density at radius 1 is 1.10 bits per heavy atom. The zero-order chi connectivity index (χ0) is 20.2. The number of aromatic amines is 1. The number of benzene rings is 2. The molecule has 8 heteroatoms. The van der Waals surface area contributed by atoms with Gasteiger partial charge in [-0.15, -0.1) is 16.8 Å². The number of hydrogen-bond acceptors (Lipinski definition) is 5. The maximum Gasteiger partial charge on any atom is 0.205 e. The fraction of sp³-hybridized carbons (Fsp3) is 0.143. The molecule has 0 unspecified atom stereocenters. The van der Waals surface area contributed by atoms with Gasteiger partial charge in [0.2, 0.25) is 5.82 Å². The first-order chi connectivity index (χ1) is 14.2. The highest BCUT2D eigenvalue weighted by Crippen LogP contribution is 2.30. The van der Waals surface area contributed by atoms with Gasteiger partial charge in [-0.25, -0.2) is 4.98 Å². The molecule has 2 N–H and O–H groups in total. The average Bonchev–Trinajstić information content (AvgIpc) is 3.37. The Bertz CT molecular complexity index is 1120. The van der Waals surface area contributed by atoms with Gasteiger partial charge in [-0.2, -0.15) is 5.21 Å². The summed E-state index contributed by atoms with van der Waals surface area (Å²) in [6.07, 6.45) is 2.35. The molecule has 0 saturated heterocycles. The maximum absolute atomic E-state index is 9.68. The van der Waals surface area contributed by atoms with E-state index in [9.17, 15) is 5.11 Å². The van der Waals surface area contributed by atoms with E-state index in [1.54, 1.807) is 6.08 Å². The van der Waals surface area contributed by atoms with E-state index in [1.807, 2.05) is 28.8 Å². The molecule has 0 aliphatic carbocycles. The number of imidazole rings is 1. The molecule has 0 aliphatic heterocycles. The number of aromatic nitrogens is 6. The Hall–Kier alpha value is -3.29. The molecule has 0 fully saturated rings. The van der Waals surface area contributed by atoms with E-state index in [-0.39, 0.29) is 6.61 Å². The smallest absolute Gasteiger partial charge is 0.205 e. The summed E-state index contributed by atoms with van der Waals surface area (Å²) in [5.74, 6) is 1.33. The van der Waals surface area contributed by atoms with Crippen LogP contribution in [0.15, 0.2) is 61.2 Å². The lowest BCUT2D eigenvalue weighted by Crippen LogP contribution is -2.08. The van der Waals surface area contributed by atoms with Crippen LogP contribution in [-0.4, -0.2) is 35.3 Å². The number of nitrogens with zero attached hydrogens (tertiary/aromatic N) is 5. The molecule has 0 aliphatic rings. The normalized spacial score (nSPS) is 11.0. The molecule has 2 aromatic carbocycles. The summed E-state index contributed by atoms with van der Waals surface area (Å²) in [5, 5.41) is 24.3. The van der Waals surface area contributed by atoms with Crippen molar-refractivity contribution in [2.75, 3.05) is 0 Å². The monoisotopic (exact) mass is 406 g/mol. The fourth-order valence-electron chi connectivity index (χ4n) is 3.31. The van der Waals surface area contributed by atoms with E-state index in [4.69, 9.17) is 11.6 Å². The zero-order valence-electron chi connectivity index (χ0n) is 15.6. The number of tetrazole rings is 1. The summed E-state index contributed by atoms with van der Waals surface area (Å²) < 4.78 is 1.94. The van der Waals surface area contributed by atoms with Crippen molar-refractivity contribution in [1.82, 2.24) is 30.2 Å². The Kier molecular flexibility index (Phi) is 5.50. The molecule has 2 aromatic heterocycles. The molecule has 146 valence electrons. The van der Waals surface area contributed by atoms with Gasteiger partial charge >= 0.3 is 0 Å². The second-order valence-electron chi connectivity index (χ2n) is 6.48. The second kappa shape index (κ2) is 8.38. The quantitative estimate of drug-likeness (QED) is 0.457. The molecule has 0 radical (unpaired) electrons. The van der Waals surface area contributed by atoms with Crippen LogP contribution in [0.4, 0.5) is 0 Å². The van der Waals surface area contributed by atoms with E-state index in [0.717, 1.165) is 28.1 Å². The van der Waals surface area contributed by atoms with Crippen LogP contribution in [0.25, 0.3) is 22.5 Å². The molecule has 7 nitrogen and oxygen atoms in total. The lowest BCUT2D eigenvalue weighted by Gasteiger charge is -2.12. The average molecular weight is 407 g/mol. The highest BCUT2D eigenvalue weighted by molar-refractivity contribution is 6.30. The first kappa shape index (κ1) is 19.0. The fourth-order valence-corrected chi connectivity index (χ4v) is 3.56. The standard InChI is InChI=1S/C21H19ClN6O/c1-2-5-19-23-20(22)18(13-29)28(19)12-14-8-10-15(11-9-14)16-6-3-4-7-17(16)21-24-26-27-25-21/h2-4,6-11,29H,1,5,12-13H2,(H,24,25,26,27). The molecule has 0 saturated carbocycles. The summed E-state index contributed by atoms with van der Waals surface area (Å²) in [4.78, 5) is 4.35. The van der Waals surface area contributed by atoms with Crippen molar-refractivity contribution < 1.29 is 5.11 Å². The number of H-pyrrole nitrogens is 1. The third kappa shape index (κ3) is 3.83. The predicted octanol–water partition coefficient (Wildman–Crippen LogP) is 3.65. The number of halogens is 1. The van der Waals surface area contributed by atoms with Crippen LogP contribution in [-0.2, 0) is 19.6 Å². The molecular weight excluding hydrogens is 388 g/mol. The van der Waals surface area contributed by atoms with E-state index in [2.05, 4.69) is 56.5 Å². The summed E-state index contributed by atoms with van der Waals surface area (Å²) in [6, 6.07) is 16.1. The Balaban J connectivity index is 1.65. The maximum atomic E-state index is 9.68. The van der Waals surface area contributed by atoms with Gasteiger partial charge in [0.1, 0.15) is 5.82 Å². The number of nitrogens with one attached hydrogen (secondary N) is 1. The SMILES string of the molecule is C=CCc1nc(Cl)c(CO)n1Cc1ccc(-c2ccccc2-c2nn[nH]n2)cc1. The van der Waals surface area contributed by atoms with Gasteiger partial charge in [0.05, 0.1) is 12.3 Å². The number of allylic oxidation sites excluding steroid dienone is 1. The van der Waals surface area contributed by atoms with Crippen LogP contribution in [0.5, 0.6) is 0 Å². The summed E-state index contributed by atoms with van der Waals surface area (Å²) in [5.41, 5.74) is 4.65. The van der Waals surface area contributed by atoms with E-state index in [1.165, 1.54) is 0 Å². The Morgan fingerprint density at radius 3 is 2.52 bits per heavy atom. The van der Waals surface area contributed by atoms with Crippen LogP contribution in [0.1, 0.15) is 17.1 Å². The van der Waals surface area contributed by atoms with Crippen molar-refractivity contribution in [3.05, 3.63) is 83.4 Å². The number of rotatable bonds is 7. The highest BCUT2D eigenvalue weighted by atomic mass is 35.5. The van der Waals surface area contributed by atoms with Crippen molar-refractivity contribution in [3.63, 3.8) is 0 Å². The molecule has 0 bridgehead atoms. The van der Waals surface area contributed by atoms with Crippen LogP contribution < -0.4 is 0 Å². The summed E-state index contributed by atoms with van der Waals surface area (Å²) >= 11 is 6.18. The van der Waals surface area contributed by atoms with Gasteiger partial charge in [-0.3, -0.25) is 0 Å². The number of aliphatic hydroxyl groups excluding tert-OH is 1. The predicted molar refractivity (Wildman–Crippen MR) is 111 cm³/mol. The Labute approximate surface area is 172 Å². The van der Waals surface area contributed by atoms with Gasteiger partial charge in [0, 0.05) is 18.5 Å².